The monoisotopic (exact) mass is 414 g/mol. The molecule has 0 saturated carbocycles. The zero-order chi connectivity index (χ0) is 20.2. The average Bonchev–Trinajstić information content (AvgIpc) is 2.59. The molecule has 2 rings (SSSR count). The molecule has 0 bridgehead atoms. The van der Waals surface area contributed by atoms with Crippen LogP contribution in [0.15, 0.2) is 42.5 Å². The zero-order valence-corrected chi connectivity index (χ0v) is 16.6. The molecule has 0 radical (unpaired) electrons. The van der Waals surface area contributed by atoms with Gasteiger partial charge in [-0.15, -0.1) is 0 Å². The molecule has 0 aliphatic rings. The van der Waals surface area contributed by atoms with Crippen LogP contribution in [0, 0.1) is 5.82 Å². The lowest BCUT2D eigenvalue weighted by atomic mass is 10.1. The predicted octanol–water partition coefficient (Wildman–Crippen LogP) is 3.67. The smallest absolute Gasteiger partial charge is 0.248 e. The highest BCUT2D eigenvalue weighted by molar-refractivity contribution is 7.92. The number of nitrogens with zero attached hydrogens (tertiary/aromatic N) is 1. The number of amides is 1. The Hall–Kier alpha value is -2.32. The number of hydrogen-bond acceptors (Lipinski definition) is 4. The Balaban J connectivity index is 2.38. The van der Waals surface area contributed by atoms with Crippen LogP contribution in [0.25, 0.3) is 0 Å². The number of methoxy groups -OCH3 is 1. The largest absolute Gasteiger partial charge is 0.495 e. The van der Waals surface area contributed by atoms with Crippen LogP contribution >= 0.6 is 11.6 Å². The second-order valence-electron chi connectivity index (χ2n) is 5.77. The van der Waals surface area contributed by atoms with E-state index in [0.29, 0.717) is 11.4 Å². The van der Waals surface area contributed by atoms with E-state index in [0.717, 1.165) is 16.6 Å². The quantitative estimate of drug-likeness (QED) is 0.750. The summed E-state index contributed by atoms with van der Waals surface area (Å²) in [5, 5.41) is 2.91. The summed E-state index contributed by atoms with van der Waals surface area (Å²) in [6.07, 6.45) is 1.07. The van der Waals surface area contributed by atoms with Gasteiger partial charge < -0.3 is 10.1 Å². The highest BCUT2D eigenvalue weighted by Crippen LogP contribution is 2.29. The number of carbonyl (C=O) groups is 1. The van der Waals surface area contributed by atoms with Gasteiger partial charge in [0.15, 0.2) is 0 Å². The van der Waals surface area contributed by atoms with Crippen LogP contribution in [0.5, 0.6) is 5.75 Å². The molecule has 27 heavy (non-hydrogen) atoms. The molecule has 0 saturated heterocycles. The molecular weight excluding hydrogens is 395 g/mol. The van der Waals surface area contributed by atoms with Gasteiger partial charge in [0.1, 0.15) is 17.6 Å². The minimum absolute atomic E-state index is 0.136. The maximum atomic E-state index is 14.2. The fraction of sp³-hybridized carbons (Fsp3) is 0.278. The highest BCUT2D eigenvalue weighted by Gasteiger charge is 2.33. The molecule has 0 spiro atoms. The topological polar surface area (TPSA) is 75.7 Å². The SMILES string of the molecule is CC[C@H](C(=O)Nc1ccc(OC)c(Cl)c1)N(c1ccccc1F)S(C)(=O)=O. The molecule has 9 heteroatoms. The minimum Gasteiger partial charge on any atom is -0.495 e. The van der Waals surface area contributed by atoms with E-state index in [4.69, 9.17) is 16.3 Å². The maximum absolute atomic E-state index is 14.2. The number of benzene rings is 2. The summed E-state index contributed by atoms with van der Waals surface area (Å²) in [6, 6.07) is 8.90. The van der Waals surface area contributed by atoms with Gasteiger partial charge in [0.2, 0.25) is 15.9 Å². The van der Waals surface area contributed by atoms with Crippen molar-refractivity contribution in [2.24, 2.45) is 0 Å². The van der Waals surface area contributed by atoms with E-state index in [-0.39, 0.29) is 17.1 Å². The number of halogens is 2. The molecule has 0 heterocycles. The van der Waals surface area contributed by atoms with Crippen LogP contribution in [0.1, 0.15) is 13.3 Å². The zero-order valence-electron chi connectivity index (χ0n) is 15.1. The lowest BCUT2D eigenvalue weighted by molar-refractivity contribution is -0.117. The molecule has 0 aliphatic heterocycles. The van der Waals surface area contributed by atoms with E-state index >= 15 is 0 Å². The van der Waals surface area contributed by atoms with Gasteiger partial charge in [-0.05, 0) is 36.8 Å². The van der Waals surface area contributed by atoms with Crippen LogP contribution in [-0.2, 0) is 14.8 Å². The van der Waals surface area contributed by atoms with Crippen molar-refractivity contribution in [1.29, 1.82) is 0 Å². The molecule has 1 N–H and O–H groups in total. The van der Waals surface area contributed by atoms with Crippen molar-refractivity contribution in [3.05, 3.63) is 53.3 Å². The Morgan fingerprint density at radius 2 is 1.96 bits per heavy atom. The Morgan fingerprint density at radius 3 is 2.48 bits per heavy atom. The van der Waals surface area contributed by atoms with Crippen molar-refractivity contribution in [3.8, 4) is 5.75 Å². The summed E-state index contributed by atoms with van der Waals surface area (Å²) in [4.78, 5) is 12.8. The molecule has 0 aliphatic carbocycles. The Labute approximate surface area is 162 Å². The molecule has 1 amide bonds. The van der Waals surface area contributed by atoms with Crippen molar-refractivity contribution < 1.29 is 22.3 Å². The number of sulfonamides is 1. The molecule has 6 nitrogen and oxygen atoms in total. The van der Waals surface area contributed by atoms with Gasteiger partial charge in [-0.2, -0.15) is 0 Å². The van der Waals surface area contributed by atoms with E-state index in [1.807, 2.05) is 0 Å². The predicted molar refractivity (Wildman–Crippen MR) is 104 cm³/mol. The number of anilines is 2. The van der Waals surface area contributed by atoms with Crippen molar-refractivity contribution in [1.82, 2.24) is 0 Å². The number of rotatable bonds is 7. The number of carbonyl (C=O) groups excluding carboxylic acids is 1. The van der Waals surface area contributed by atoms with E-state index in [1.54, 1.807) is 19.1 Å². The van der Waals surface area contributed by atoms with Crippen LogP contribution in [0.2, 0.25) is 5.02 Å². The molecule has 2 aromatic rings. The Morgan fingerprint density at radius 1 is 1.30 bits per heavy atom. The van der Waals surface area contributed by atoms with Crippen LogP contribution < -0.4 is 14.4 Å². The fourth-order valence-corrected chi connectivity index (χ4v) is 4.11. The average molecular weight is 415 g/mol. The van der Waals surface area contributed by atoms with Crippen LogP contribution in [0.3, 0.4) is 0 Å². The second kappa shape index (κ2) is 8.58. The maximum Gasteiger partial charge on any atom is 0.248 e. The normalized spacial score (nSPS) is 12.3. The third-order valence-electron chi connectivity index (χ3n) is 3.84. The molecule has 0 aromatic heterocycles. The number of hydrogen-bond donors (Lipinski definition) is 1. The number of para-hydroxylation sites is 1. The Kier molecular flexibility index (Phi) is 6.67. The lowest BCUT2D eigenvalue weighted by Gasteiger charge is -2.30. The first-order valence-corrected chi connectivity index (χ1v) is 10.3. The molecule has 2 aromatic carbocycles. The van der Waals surface area contributed by atoms with E-state index < -0.39 is 27.8 Å². The summed E-state index contributed by atoms with van der Waals surface area (Å²) in [5.74, 6) is -0.903. The highest BCUT2D eigenvalue weighted by atomic mass is 35.5. The molecule has 146 valence electrons. The van der Waals surface area contributed by atoms with Crippen LogP contribution in [0.4, 0.5) is 15.8 Å². The van der Waals surface area contributed by atoms with Crippen molar-refractivity contribution in [3.63, 3.8) is 0 Å². The molecular formula is C18H20ClFN2O4S. The first kappa shape index (κ1) is 21.0. The Bertz CT molecular complexity index is 937. The van der Waals surface area contributed by atoms with Gasteiger partial charge >= 0.3 is 0 Å². The van der Waals surface area contributed by atoms with Gasteiger partial charge in [-0.3, -0.25) is 9.10 Å². The first-order chi connectivity index (χ1) is 12.7. The lowest BCUT2D eigenvalue weighted by Crippen LogP contribution is -2.47. The van der Waals surface area contributed by atoms with Crippen LogP contribution in [-0.4, -0.2) is 33.7 Å². The second-order valence-corrected chi connectivity index (χ2v) is 8.04. The number of ether oxygens (including phenoxy) is 1. The summed E-state index contributed by atoms with van der Waals surface area (Å²) < 4.78 is 44.7. The summed E-state index contributed by atoms with van der Waals surface area (Å²) >= 11 is 6.05. The van der Waals surface area contributed by atoms with E-state index in [1.165, 1.54) is 31.4 Å². The van der Waals surface area contributed by atoms with Gasteiger partial charge in [0, 0.05) is 5.69 Å². The van der Waals surface area contributed by atoms with Crippen molar-refractivity contribution in [2.45, 2.75) is 19.4 Å². The third kappa shape index (κ3) is 4.90. The molecule has 0 fully saturated rings. The van der Waals surface area contributed by atoms with Gasteiger partial charge in [-0.25, -0.2) is 12.8 Å². The number of nitrogens with one attached hydrogen (secondary N) is 1. The summed E-state index contributed by atoms with van der Waals surface area (Å²) in [6.45, 7) is 1.64. The minimum atomic E-state index is -3.92. The third-order valence-corrected chi connectivity index (χ3v) is 5.30. The van der Waals surface area contributed by atoms with Crippen molar-refractivity contribution >= 4 is 38.9 Å². The van der Waals surface area contributed by atoms with Crippen molar-refractivity contribution in [2.75, 3.05) is 23.0 Å². The standard InChI is InChI=1S/C18H20ClFN2O4S/c1-4-15(18(23)21-12-9-10-17(26-2)13(19)11-12)22(27(3,24)25)16-8-6-5-7-14(16)20/h5-11,15H,4H2,1-3H3,(H,21,23)/t15-/m1/s1. The van der Waals surface area contributed by atoms with Gasteiger partial charge in [0.25, 0.3) is 0 Å². The molecule has 1 atom stereocenters. The fourth-order valence-electron chi connectivity index (χ4n) is 2.64. The summed E-state index contributed by atoms with van der Waals surface area (Å²) in [5.41, 5.74) is 0.181. The summed E-state index contributed by atoms with van der Waals surface area (Å²) in [7, 11) is -2.46. The molecule has 0 unspecified atom stereocenters. The van der Waals surface area contributed by atoms with Gasteiger partial charge in [0.05, 0.1) is 24.1 Å². The van der Waals surface area contributed by atoms with Gasteiger partial charge in [-0.1, -0.05) is 30.7 Å². The first-order valence-electron chi connectivity index (χ1n) is 8.07. The van der Waals surface area contributed by atoms with E-state index in [2.05, 4.69) is 5.32 Å². The van der Waals surface area contributed by atoms with E-state index in [9.17, 15) is 17.6 Å².